The highest BCUT2D eigenvalue weighted by atomic mass is 16.2. The number of amides is 2. The average molecular weight is 340 g/mol. The Kier molecular flexibility index (Phi) is 6.71. The van der Waals surface area contributed by atoms with Crippen LogP contribution in [0.3, 0.4) is 0 Å². The largest absolute Gasteiger partial charge is 0.355 e. The van der Waals surface area contributed by atoms with E-state index >= 15 is 0 Å². The molecule has 0 aliphatic rings. The minimum Gasteiger partial charge on any atom is -0.355 e. The third-order valence-corrected chi connectivity index (χ3v) is 4.09. The minimum absolute atomic E-state index is 0.00617. The van der Waals surface area contributed by atoms with Gasteiger partial charge in [0.05, 0.1) is 13.1 Å². The van der Waals surface area contributed by atoms with Crippen LogP contribution in [-0.4, -0.2) is 32.5 Å². The van der Waals surface area contributed by atoms with Crippen LogP contribution in [0.2, 0.25) is 0 Å². The molecule has 0 aliphatic heterocycles. The van der Waals surface area contributed by atoms with E-state index in [1.165, 1.54) is 0 Å². The number of likely N-dealkylation sites (N-methyl/N-ethyl adjacent to an activating group) is 1. The first-order valence-electron chi connectivity index (χ1n) is 8.46. The van der Waals surface area contributed by atoms with E-state index in [9.17, 15) is 9.59 Å². The minimum atomic E-state index is -0.0958. The lowest BCUT2D eigenvalue weighted by atomic mass is 10.1. The van der Waals surface area contributed by atoms with Crippen LogP contribution < -0.4 is 15.5 Å². The van der Waals surface area contributed by atoms with E-state index in [0.717, 1.165) is 22.6 Å². The van der Waals surface area contributed by atoms with E-state index in [4.69, 9.17) is 0 Å². The highest BCUT2D eigenvalue weighted by molar-refractivity contribution is 5.93. The van der Waals surface area contributed by atoms with Gasteiger partial charge in [0, 0.05) is 18.2 Å². The molecule has 132 valence electrons. The molecule has 0 radical (unpaired) electrons. The Hall–Kier alpha value is -2.66. The van der Waals surface area contributed by atoms with Crippen LogP contribution in [0, 0.1) is 0 Å². The van der Waals surface area contributed by atoms with Crippen molar-refractivity contribution in [2.75, 3.05) is 20.6 Å². The Balaban J connectivity index is 1.84. The highest BCUT2D eigenvalue weighted by Gasteiger charge is 2.14. The second-order valence-electron chi connectivity index (χ2n) is 6.29. The molecule has 2 amide bonds. The maximum atomic E-state index is 12.2. The number of carbonyl (C=O) groups is 2. The molecule has 2 aromatic carbocycles. The van der Waals surface area contributed by atoms with Crippen LogP contribution in [0.5, 0.6) is 0 Å². The van der Waals surface area contributed by atoms with Gasteiger partial charge in [0.2, 0.25) is 0 Å². The zero-order valence-corrected chi connectivity index (χ0v) is 15.0. The Morgan fingerprint density at radius 3 is 2.28 bits per heavy atom. The summed E-state index contributed by atoms with van der Waals surface area (Å²) in [7, 11) is 3.60. The van der Waals surface area contributed by atoms with Crippen molar-refractivity contribution < 1.29 is 14.5 Å². The quantitative estimate of drug-likeness (QED) is 0.702. The third kappa shape index (κ3) is 5.72. The van der Waals surface area contributed by atoms with Crippen LogP contribution in [0.25, 0.3) is 0 Å². The van der Waals surface area contributed by atoms with Gasteiger partial charge in [-0.15, -0.1) is 0 Å². The Bertz CT molecular complexity index is 699. The lowest BCUT2D eigenvalue weighted by Crippen LogP contribution is -3.08. The predicted molar refractivity (Wildman–Crippen MR) is 98.3 cm³/mol. The van der Waals surface area contributed by atoms with E-state index in [2.05, 4.69) is 10.6 Å². The molecule has 0 fully saturated rings. The summed E-state index contributed by atoms with van der Waals surface area (Å²) >= 11 is 0. The maximum absolute atomic E-state index is 12.2. The first-order chi connectivity index (χ1) is 12.0. The molecule has 0 heterocycles. The summed E-state index contributed by atoms with van der Waals surface area (Å²) < 4.78 is 0. The molecule has 0 spiro atoms. The number of rotatable bonds is 7. The van der Waals surface area contributed by atoms with E-state index in [1.54, 1.807) is 19.2 Å². The number of hydrogen-bond acceptors (Lipinski definition) is 2. The van der Waals surface area contributed by atoms with Crippen molar-refractivity contribution in [2.24, 2.45) is 0 Å². The molecule has 1 unspecified atom stereocenters. The molecule has 25 heavy (non-hydrogen) atoms. The predicted octanol–water partition coefficient (Wildman–Crippen LogP) is 0.938. The van der Waals surface area contributed by atoms with Gasteiger partial charge >= 0.3 is 0 Å². The topological polar surface area (TPSA) is 62.6 Å². The lowest BCUT2D eigenvalue weighted by Gasteiger charge is -2.17. The summed E-state index contributed by atoms with van der Waals surface area (Å²) in [6.45, 7) is 3.11. The summed E-state index contributed by atoms with van der Waals surface area (Å²) in [5.41, 5.74) is 2.82. The van der Waals surface area contributed by atoms with E-state index in [-0.39, 0.29) is 17.9 Å². The van der Waals surface area contributed by atoms with Crippen molar-refractivity contribution in [3.05, 3.63) is 71.3 Å². The second kappa shape index (κ2) is 8.99. The second-order valence-corrected chi connectivity index (χ2v) is 6.29. The van der Waals surface area contributed by atoms with Crippen molar-refractivity contribution in [3.63, 3.8) is 0 Å². The summed E-state index contributed by atoms with van der Waals surface area (Å²) in [4.78, 5) is 24.9. The van der Waals surface area contributed by atoms with Gasteiger partial charge in [-0.25, -0.2) is 0 Å². The van der Waals surface area contributed by atoms with Crippen LogP contribution >= 0.6 is 0 Å². The molecule has 2 atom stereocenters. The monoisotopic (exact) mass is 340 g/mol. The Labute approximate surface area is 149 Å². The molecular formula is C20H26N3O2+. The molecule has 0 aromatic heterocycles. The van der Waals surface area contributed by atoms with Crippen molar-refractivity contribution >= 4 is 11.8 Å². The number of nitrogens with one attached hydrogen (secondary N) is 3. The third-order valence-electron chi connectivity index (χ3n) is 4.09. The summed E-state index contributed by atoms with van der Waals surface area (Å²) in [6, 6.07) is 17.4. The van der Waals surface area contributed by atoms with Gasteiger partial charge < -0.3 is 15.5 Å². The first-order valence-corrected chi connectivity index (χ1v) is 8.46. The number of carbonyl (C=O) groups excluding carboxylic acids is 2. The van der Waals surface area contributed by atoms with Crippen molar-refractivity contribution in [1.29, 1.82) is 0 Å². The van der Waals surface area contributed by atoms with Gasteiger partial charge in [0.1, 0.15) is 6.54 Å². The molecule has 3 N–H and O–H groups in total. The van der Waals surface area contributed by atoms with Gasteiger partial charge in [0.25, 0.3) is 11.8 Å². The number of quaternary nitrogens is 1. The fourth-order valence-corrected chi connectivity index (χ4v) is 2.72. The smallest absolute Gasteiger partial charge is 0.275 e. The fraction of sp³-hybridized carbons (Fsp3) is 0.300. The molecule has 5 nitrogen and oxygen atoms in total. The van der Waals surface area contributed by atoms with Crippen molar-refractivity contribution in [3.8, 4) is 0 Å². The van der Waals surface area contributed by atoms with Gasteiger partial charge in [0.15, 0.2) is 6.54 Å². The van der Waals surface area contributed by atoms with Gasteiger partial charge in [-0.2, -0.15) is 0 Å². The van der Waals surface area contributed by atoms with Crippen molar-refractivity contribution in [1.82, 2.24) is 10.6 Å². The zero-order chi connectivity index (χ0) is 18.2. The van der Waals surface area contributed by atoms with Crippen LogP contribution in [-0.2, 0) is 11.3 Å². The average Bonchev–Trinajstić information content (AvgIpc) is 2.62. The Morgan fingerprint density at radius 1 is 1.04 bits per heavy atom. The van der Waals surface area contributed by atoms with Crippen molar-refractivity contribution in [2.45, 2.75) is 19.5 Å². The molecule has 0 bridgehead atoms. The summed E-state index contributed by atoms with van der Waals surface area (Å²) in [5.74, 6) is -0.0719. The standard InChI is InChI=1S/C20H25N3O2/c1-15(17-7-5-4-6-8-17)22-19(24)14-23(3)13-16-9-11-18(12-10-16)20(25)21-2/h4-12,15H,13-14H2,1-3H3,(H,21,25)(H,22,24)/p+1/t15-/m0/s1. The summed E-state index contributed by atoms with van der Waals surface area (Å²) in [6.07, 6.45) is 0. The number of benzene rings is 2. The molecule has 2 aromatic rings. The van der Waals surface area contributed by atoms with E-state index in [0.29, 0.717) is 12.1 Å². The van der Waals surface area contributed by atoms with E-state index in [1.807, 2.05) is 56.4 Å². The highest BCUT2D eigenvalue weighted by Crippen LogP contribution is 2.10. The number of hydrogen-bond donors (Lipinski definition) is 3. The van der Waals surface area contributed by atoms with Gasteiger partial charge in [-0.1, -0.05) is 42.5 Å². The molecule has 2 rings (SSSR count). The lowest BCUT2D eigenvalue weighted by molar-refractivity contribution is -0.885. The van der Waals surface area contributed by atoms with Gasteiger partial charge in [-0.05, 0) is 24.6 Å². The van der Waals surface area contributed by atoms with Crippen LogP contribution in [0.4, 0.5) is 0 Å². The molecule has 0 saturated carbocycles. The molecule has 0 aliphatic carbocycles. The maximum Gasteiger partial charge on any atom is 0.275 e. The molecule has 5 heteroatoms. The fourth-order valence-electron chi connectivity index (χ4n) is 2.72. The molecular weight excluding hydrogens is 314 g/mol. The van der Waals surface area contributed by atoms with Crippen LogP contribution in [0.15, 0.2) is 54.6 Å². The van der Waals surface area contributed by atoms with Crippen LogP contribution in [0.1, 0.15) is 34.5 Å². The normalized spacial score (nSPS) is 12.9. The zero-order valence-electron chi connectivity index (χ0n) is 15.0. The SMILES string of the molecule is CNC(=O)c1ccc(C[NH+](C)CC(=O)N[C@@H](C)c2ccccc2)cc1. The molecule has 0 saturated heterocycles. The van der Waals surface area contributed by atoms with E-state index < -0.39 is 0 Å². The summed E-state index contributed by atoms with van der Waals surface area (Å²) in [5, 5.41) is 5.63. The first kappa shape index (κ1) is 18.7. The van der Waals surface area contributed by atoms with Gasteiger partial charge in [-0.3, -0.25) is 9.59 Å². The Morgan fingerprint density at radius 2 is 1.68 bits per heavy atom.